The maximum Gasteiger partial charge on any atom is 0.264 e. The number of fused-ring (bicyclic) bond motifs is 1. The SMILES string of the molecule is CN1C(=O)COc2ccc(-c3cnc(CN)o3)cc21. The molecule has 1 aliphatic rings. The number of aromatic nitrogens is 1. The summed E-state index contributed by atoms with van der Waals surface area (Å²) in [5.41, 5.74) is 7.01. The van der Waals surface area contributed by atoms with Gasteiger partial charge < -0.3 is 19.8 Å². The van der Waals surface area contributed by atoms with Crippen LogP contribution in [0.25, 0.3) is 11.3 Å². The van der Waals surface area contributed by atoms with E-state index in [-0.39, 0.29) is 19.1 Å². The van der Waals surface area contributed by atoms with Crippen molar-refractivity contribution in [3.63, 3.8) is 0 Å². The number of amides is 1. The monoisotopic (exact) mass is 259 g/mol. The molecule has 2 aromatic rings. The number of anilines is 1. The standard InChI is InChI=1S/C13H13N3O3/c1-16-9-4-8(11-6-15-12(5-14)19-11)2-3-10(9)18-7-13(16)17/h2-4,6H,5,7,14H2,1H3. The number of oxazole rings is 1. The molecule has 1 aromatic heterocycles. The van der Waals surface area contributed by atoms with E-state index in [4.69, 9.17) is 14.9 Å². The molecule has 0 atom stereocenters. The molecular formula is C13H13N3O3. The highest BCUT2D eigenvalue weighted by atomic mass is 16.5. The maximum absolute atomic E-state index is 11.6. The minimum absolute atomic E-state index is 0.0719. The normalized spacial score (nSPS) is 14.2. The number of hydrogen-bond acceptors (Lipinski definition) is 5. The number of ether oxygens (including phenoxy) is 1. The van der Waals surface area contributed by atoms with E-state index in [1.54, 1.807) is 18.1 Å². The summed E-state index contributed by atoms with van der Waals surface area (Å²) >= 11 is 0. The van der Waals surface area contributed by atoms with Crippen molar-refractivity contribution in [1.29, 1.82) is 0 Å². The van der Waals surface area contributed by atoms with E-state index in [0.717, 1.165) is 11.3 Å². The number of likely N-dealkylation sites (N-methyl/N-ethyl adjacent to an activating group) is 1. The Balaban J connectivity index is 2.03. The molecule has 2 heterocycles. The minimum atomic E-state index is -0.0788. The van der Waals surface area contributed by atoms with Crippen molar-refractivity contribution >= 4 is 11.6 Å². The van der Waals surface area contributed by atoms with Crippen molar-refractivity contribution in [2.75, 3.05) is 18.6 Å². The summed E-state index contributed by atoms with van der Waals surface area (Å²) in [7, 11) is 1.72. The molecule has 2 N–H and O–H groups in total. The Bertz CT molecular complexity index is 636. The molecule has 19 heavy (non-hydrogen) atoms. The van der Waals surface area contributed by atoms with Crippen LogP contribution < -0.4 is 15.4 Å². The Hall–Kier alpha value is -2.34. The summed E-state index contributed by atoms with van der Waals surface area (Å²) < 4.78 is 10.9. The summed E-state index contributed by atoms with van der Waals surface area (Å²) in [4.78, 5) is 17.2. The Morgan fingerprint density at radius 1 is 1.47 bits per heavy atom. The lowest BCUT2D eigenvalue weighted by Gasteiger charge is -2.26. The van der Waals surface area contributed by atoms with Gasteiger partial charge in [-0.2, -0.15) is 0 Å². The zero-order valence-electron chi connectivity index (χ0n) is 10.4. The second kappa shape index (κ2) is 4.40. The third-order valence-corrected chi connectivity index (χ3v) is 3.06. The first kappa shape index (κ1) is 11.7. The first-order valence-corrected chi connectivity index (χ1v) is 5.87. The molecule has 1 aromatic carbocycles. The zero-order chi connectivity index (χ0) is 13.4. The van der Waals surface area contributed by atoms with E-state index >= 15 is 0 Å². The Kier molecular flexibility index (Phi) is 2.72. The number of nitrogens with two attached hydrogens (primary N) is 1. The lowest BCUT2D eigenvalue weighted by Crippen LogP contribution is -2.35. The predicted molar refractivity (Wildman–Crippen MR) is 68.7 cm³/mol. The van der Waals surface area contributed by atoms with Gasteiger partial charge in [0.1, 0.15) is 5.75 Å². The average molecular weight is 259 g/mol. The first-order chi connectivity index (χ1) is 9.19. The van der Waals surface area contributed by atoms with E-state index < -0.39 is 0 Å². The number of carbonyl (C=O) groups is 1. The van der Waals surface area contributed by atoms with Gasteiger partial charge in [-0.1, -0.05) is 0 Å². The quantitative estimate of drug-likeness (QED) is 0.875. The van der Waals surface area contributed by atoms with Gasteiger partial charge in [-0.3, -0.25) is 4.79 Å². The molecule has 0 radical (unpaired) electrons. The van der Waals surface area contributed by atoms with Crippen LogP contribution in [-0.2, 0) is 11.3 Å². The third-order valence-electron chi connectivity index (χ3n) is 3.06. The van der Waals surface area contributed by atoms with Gasteiger partial charge in [-0.05, 0) is 18.2 Å². The number of rotatable bonds is 2. The number of nitrogens with zero attached hydrogens (tertiary/aromatic N) is 2. The fourth-order valence-electron chi connectivity index (χ4n) is 1.96. The summed E-state index contributed by atoms with van der Waals surface area (Å²) in [5.74, 6) is 1.71. The van der Waals surface area contributed by atoms with Crippen LogP contribution in [0.2, 0.25) is 0 Å². The van der Waals surface area contributed by atoms with Crippen molar-refractivity contribution < 1.29 is 13.9 Å². The van der Waals surface area contributed by atoms with E-state index in [1.807, 2.05) is 18.2 Å². The lowest BCUT2D eigenvalue weighted by atomic mass is 10.1. The molecule has 1 amide bonds. The topological polar surface area (TPSA) is 81.6 Å². The van der Waals surface area contributed by atoms with Gasteiger partial charge >= 0.3 is 0 Å². The Morgan fingerprint density at radius 2 is 2.32 bits per heavy atom. The van der Waals surface area contributed by atoms with Gasteiger partial charge in [-0.25, -0.2) is 4.98 Å². The van der Waals surface area contributed by atoms with Crippen LogP contribution in [0.4, 0.5) is 5.69 Å². The molecule has 0 spiro atoms. The van der Waals surface area contributed by atoms with Crippen molar-refractivity contribution in [3.05, 3.63) is 30.3 Å². The van der Waals surface area contributed by atoms with Crippen LogP contribution in [0, 0.1) is 0 Å². The Morgan fingerprint density at radius 3 is 3.05 bits per heavy atom. The van der Waals surface area contributed by atoms with Crippen molar-refractivity contribution in [2.24, 2.45) is 5.73 Å². The van der Waals surface area contributed by atoms with Crippen LogP contribution in [0.1, 0.15) is 5.89 Å². The average Bonchev–Trinajstić information content (AvgIpc) is 2.92. The molecule has 0 aliphatic carbocycles. The number of hydrogen-bond donors (Lipinski definition) is 1. The fourth-order valence-corrected chi connectivity index (χ4v) is 1.96. The van der Waals surface area contributed by atoms with Crippen molar-refractivity contribution in [2.45, 2.75) is 6.54 Å². The van der Waals surface area contributed by atoms with Gasteiger partial charge in [0.05, 0.1) is 18.4 Å². The fraction of sp³-hybridized carbons (Fsp3) is 0.231. The molecule has 0 saturated heterocycles. The molecule has 0 unspecified atom stereocenters. The molecule has 6 nitrogen and oxygen atoms in total. The van der Waals surface area contributed by atoms with E-state index in [2.05, 4.69) is 4.98 Å². The second-order valence-electron chi connectivity index (χ2n) is 4.25. The smallest absolute Gasteiger partial charge is 0.264 e. The zero-order valence-corrected chi connectivity index (χ0v) is 10.4. The number of carbonyl (C=O) groups excluding carboxylic acids is 1. The van der Waals surface area contributed by atoms with Crippen LogP contribution in [-0.4, -0.2) is 24.5 Å². The summed E-state index contributed by atoms with van der Waals surface area (Å²) in [6, 6.07) is 5.52. The van der Waals surface area contributed by atoms with Gasteiger partial charge in [0, 0.05) is 12.6 Å². The molecule has 98 valence electrons. The van der Waals surface area contributed by atoms with E-state index in [9.17, 15) is 4.79 Å². The molecule has 0 bridgehead atoms. The summed E-state index contributed by atoms with van der Waals surface area (Å²) in [6.45, 7) is 0.328. The number of benzene rings is 1. The molecule has 1 aliphatic heterocycles. The third kappa shape index (κ3) is 1.96. The van der Waals surface area contributed by atoms with E-state index in [0.29, 0.717) is 17.4 Å². The molecule has 3 rings (SSSR count). The van der Waals surface area contributed by atoms with Crippen molar-refractivity contribution in [3.8, 4) is 17.1 Å². The first-order valence-electron chi connectivity index (χ1n) is 5.87. The lowest BCUT2D eigenvalue weighted by molar-refractivity contribution is -0.120. The minimum Gasteiger partial charge on any atom is -0.482 e. The van der Waals surface area contributed by atoms with Crippen molar-refractivity contribution in [1.82, 2.24) is 4.98 Å². The highest BCUT2D eigenvalue weighted by molar-refractivity contribution is 5.98. The summed E-state index contributed by atoms with van der Waals surface area (Å²) in [5, 5.41) is 0. The second-order valence-corrected chi connectivity index (χ2v) is 4.25. The maximum atomic E-state index is 11.6. The van der Waals surface area contributed by atoms with Crippen LogP contribution in [0.15, 0.2) is 28.8 Å². The van der Waals surface area contributed by atoms with Gasteiger partial charge in [0.25, 0.3) is 5.91 Å². The van der Waals surface area contributed by atoms with Gasteiger partial charge in [-0.15, -0.1) is 0 Å². The molecule has 0 fully saturated rings. The van der Waals surface area contributed by atoms with E-state index in [1.165, 1.54) is 0 Å². The van der Waals surface area contributed by atoms with Crippen LogP contribution in [0.5, 0.6) is 5.75 Å². The van der Waals surface area contributed by atoms with Crippen LogP contribution >= 0.6 is 0 Å². The van der Waals surface area contributed by atoms with Gasteiger partial charge in [0.2, 0.25) is 5.89 Å². The molecule has 6 heteroatoms. The summed E-state index contributed by atoms with van der Waals surface area (Å²) in [6.07, 6.45) is 1.62. The predicted octanol–water partition coefficient (Wildman–Crippen LogP) is 1.16. The van der Waals surface area contributed by atoms with Crippen LogP contribution in [0.3, 0.4) is 0 Å². The molecule has 0 saturated carbocycles. The Labute approximate surface area is 109 Å². The highest BCUT2D eigenvalue weighted by Crippen LogP contribution is 2.35. The highest BCUT2D eigenvalue weighted by Gasteiger charge is 2.23. The molecular weight excluding hydrogens is 246 g/mol. The largest absolute Gasteiger partial charge is 0.482 e. The van der Waals surface area contributed by atoms with Gasteiger partial charge in [0.15, 0.2) is 12.4 Å².